The Morgan fingerprint density at radius 1 is 1.30 bits per heavy atom. The van der Waals surface area contributed by atoms with Crippen LogP contribution in [0.4, 0.5) is 17.1 Å². The van der Waals surface area contributed by atoms with Gasteiger partial charge >= 0.3 is 6.18 Å². The van der Waals surface area contributed by atoms with Crippen molar-refractivity contribution in [1.29, 1.82) is 0 Å². The first-order valence-electron chi connectivity index (χ1n) is 9.55. The Hall–Kier alpha value is -1.86. The number of amides is 2. The smallest absolute Gasteiger partial charge is 0.370 e. The molecule has 168 valence electrons. The van der Waals surface area contributed by atoms with Crippen molar-refractivity contribution in [3.8, 4) is 0 Å². The minimum absolute atomic E-state index is 0.0477. The number of ether oxygens (including phenoxy) is 1. The second-order valence-corrected chi connectivity index (χ2v) is 7.68. The lowest BCUT2D eigenvalue weighted by Crippen LogP contribution is -2.56. The summed E-state index contributed by atoms with van der Waals surface area (Å²) in [6, 6.07) is -0.143. The summed E-state index contributed by atoms with van der Waals surface area (Å²) < 4.78 is 58.4. The Bertz CT molecular complexity index is 767. The van der Waals surface area contributed by atoms with E-state index in [4.69, 9.17) is 4.74 Å². The van der Waals surface area contributed by atoms with E-state index in [0.29, 0.717) is 49.6 Å². The molecule has 2 aliphatic heterocycles. The summed E-state index contributed by atoms with van der Waals surface area (Å²) in [4.78, 5) is 25.1. The van der Waals surface area contributed by atoms with E-state index in [9.17, 15) is 26.6 Å². The third-order valence-corrected chi connectivity index (χ3v) is 5.99. The van der Waals surface area contributed by atoms with Gasteiger partial charge in [-0.25, -0.2) is 5.01 Å². The highest BCUT2D eigenvalue weighted by molar-refractivity contribution is 7.92. The van der Waals surface area contributed by atoms with Crippen LogP contribution in [0.5, 0.6) is 0 Å². The molecule has 2 fully saturated rings. The maximum absolute atomic E-state index is 13.3. The van der Waals surface area contributed by atoms with E-state index < -0.39 is 24.2 Å². The Labute approximate surface area is 175 Å². The summed E-state index contributed by atoms with van der Waals surface area (Å²) in [6.45, 7) is 3.55. The fourth-order valence-corrected chi connectivity index (χ4v) is 4.23. The monoisotopic (exact) mass is 453 g/mol. The molecule has 2 saturated heterocycles. The Kier molecular flexibility index (Phi) is 7.24. The van der Waals surface area contributed by atoms with Gasteiger partial charge in [0.1, 0.15) is 6.61 Å². The number of carbonyl (C=O) groups is 2. The summed E-state index contributed by atoms with van der Waals surface area (Å²) in [5.74, 6) is -0.107. The second kappa shape index (κ2) is 9.52. The SMILES string of the molecule is Cc1c(CCN(C=O)C2CCN(N3CCOCC3=O)CC2)c(C(F)(F)F)nn1SF. The van der Waals surface area contributed by atoms with Crippen molar-refractivity contribution in [3.05, 3.63) is 17.0 Å². The fourth-order valence-electron chi connectivity index (χ4n) is 3.90. The number of hydrogen-bond acceptors (Lipinski definition) is 6. The number of piperidine rings is 1. The molecule has 1 aromatic heterocycles. The van der Waals surface area contributed by atoms with Crippen LogP contribution in [0.3, 0.4) is 0 Å². The van der Waals surface area contributed by atoms with Crippen LogP contribution < -0.4 is 0 Å². The van der Waals surface area contributed by atoms with Crippen LogP contribution in [0.1, 0.15) is 29.8 Å². The molecule has 0 spiro atoms. The lowest BCUT2D eigenvalue weighted by molar-refractivity contribution is -0.168. The summed E-state index contributed by atoms with van der Waals surface area (Å²) in [5, 5.41) is 6.89. The molecule has 8 nitrogen and oxygen atoms in total. The molecule has 30 heavy (non-hydrogen) atoms. The van der Waals surface area contributed by atoms with Crippen LogP contribution in [0.2, 0.25) is 0 Å². The van der Waals surface area contributed by atoms with E-state index >= 15 is 0 Å². The van der Waals surface area contributed by atoms with Crippen LogP contribution in [-0.4, -0.2) is 81.9 Å². The third kappa shape index (κ3) is 4.89. The average molecular weight is 453 g/mol. The summed E-state index contributed by atoms with van der Waals surface area (Å²) in [7, 11) is 0. The maximum atomic E-state index is 13.3. The summed E-state index contributed by atoms with van der Waals surface area (Å²) in [5.41, 5.74) is -1.17. The standard InChI is InChI=1S/C17H23F4N5O3S/c1-12-14(16(17(18,19)20)22-26(12)30-21)4-5-23(11-27)13-2-6-24(7-3-13)25-8-9-29-10-15(25)28/h11,13H,2-10H2,1H3. The number of morpholine rings is 1. The molecule has 0 radical (unpaired) electrons. The van der Waals surface area contributed by atoms with Crippen LogP contribution in [0, 0.1) is 6.92 Å². The first kappa shape index (κ1) is 22.8. The molecular formula is C17H23F4N5O3S. The Morgan fingerprint density at radius 2 is 2.00 bits per heavy atom. The maximum Gasteiger partial charge on any atom is 0.435 e. The molecule has 0 unspecified atom stereocenters. The molecule has 3 heterocycles. The first-order chi connectivity index (χ1) is 14.3. The molecule has 0 saturated carbocycles. The molecule has 2 amide bonds. The molecule has 13 heteroatoms. The number of hydrogen-bond donors (Lipinski definition) is 0. The Balaban J connectivity index is 1.61. The van der Waals surface area contributed by atoms with Gasteiger partial charge < -0.3 is 9.64 Å². The van der Waals surface area contributed by atoms with E-state index in [1.807, 2.05) is 5.01 Å². The molecule has 0 N–H and O–H groups in total. The molecule has 1 aromatic rings. The van der Waals surface area contributed by atoms with Crippen molar-refractivity contribution in [3.63, 3.8) is 0 Å². The highest BCUT2D eigenvalue weighted by atomic mass is 32.2. The van der Waals surface area contributed by atoms with E-state index in [0.717, 1.165) is 0 Å². The highest BCUT2D eigenvalue weighted by Gasteiger charge is 2.39. The zero-order chi connectivity index (χ0) is 21.9. The normalized spacial score (nSPS) is 19.4. The van der Waals surface area contributed by atoms with E-state index in [1.165, 1.54) is 11.8 Å². The van der Waals surface area contributed by atoms with Crippen LogP contribution in [-0.2, 0) is 26.9 Å². The van der Waals surface area contributed by atoms with Crippen molar-refractivity contribution >= 4 is 24.7 Å². The van der Waals surface area contributed by atoms with E-state index in [1.54, 1.807) is 5.01 Å². The molecule has 0 aliphatic carbocycles. The average Bonchev–Trinajstić information content (AvgIpc) is 3.05. The van der Waals surface area contributed by atoms with Crippen LogP contribution in [0.15, 0.2) is 0 Å². The largest absolute Gasteiger partial charge is 0.435 e. The van der Waals surface area contributed by atoms with Crippen LogP contribution >= 0.6 is 12.3 Å². The van der Waals surface area contributed by atoms with Gasteiger partial charge in [-0.15, -0.1) is 3.89 Å². The molecule has 3 rings (SSSR count). The number of aromatic nitrogens is 2. The number of alkyl halides is 3. The van der Waals surface area contributed by atoms with Crippen molar-refractivity contribution < 1.29 is 31.4 Å². The molecule has 0 aromatic carbocycles. The number of rotatable bonds is 7. The summed E-state index contributed by atoms with van der Waals surface area (Å²) >= 11 is -0.396. The highest BCUT2D eigenvalue weighted by Crippen LogP contribution is 2.34. The van der Waals surface area contributed by atoms with Gasteiger partial charge in [0.25, 0.3) is 5.91 Å². The minimum Gasteiger partial charge on any atom is -0.370 e. The van der Waals surface area contributed by atoms with Gasteiger partial charge in [-0.05, 0) is 26.2 Å². The van der Waals surface area contributed by atoms with Gasteiger partial charge in [0.05, 0.1) is 18.8 Å². The number of hydrazine groups is 1. The molecular weight excluding hydrogens is 430 g/mol. The van der Waals surface area contributed by atoms with E-state index in [-0.39, 0.29) is 42.8 Å². The van der Waals surface area contributed by atoms with Crippen molar-refractivity contribution in [2.45, 2.75) is 38.4 Å². The number of nitrogens with zero attached hydrogens (tertiary/aromatic N) is 5. The van der Waals surface area contributed by atoms with Gasteiger partial charge in [-0.1, -0.05) is 0 Å². The lowest BCUT2D eigenvalue weighted by atomic mass is 10.0. The topological polar surface area (TPSA) is 70.9 Å². The predicted molar refractivity (Wildman–Crippen MR) is 99.7 cm³/mol. The molecule has 2 aliphatic rings. The zero-order valence-electron chi connectivity index (χ0n) is 16.4. The quantitative estimate of drug-likeness (QED) is 0.464. The van der Waals surface area contributed by atoms with Crippen LogP contribution in [0.25, 0.3) is 0 Å². The third-order valence-electron chi connectivity index (χ3n) is 5.50. The number of halogens is 4. The predicted octanol–water partition coefficient (Wildman–Crippen LogP) is 1.83. The van der Waals surface area contributed by atoms with Gasteiger partial charge in [0.15, 0.2) is 18.0 Å². The van der Waals surface area contributed by atoms with Gasteiger partial charge in [0.2, 0.25) is 6.41 Å². The van der Waals surface area contributed by atoms with Crippen molar-refractivity contribution in [2.75, 3.05) is 39.4 Å². The van der Waals surface area contributed by atoms with Gasteiger partial charge in [-0.3, -0.25) is 14.6 Å². The second-order valence-electron chi connectivity index (χ2n) is 7.20. The molecule has 0 atom stereocenters. The molecule has 0 bridgehead atoms. The van der Waals surface area contributed by atoms with Crippen molar-refractivity contribution in [2.24, 2.45) is 0 Å². The fraction of sp³-hybridized carbons (Fsp3) is 0.706. The number of carbonyl (C=O) groups excluding carboxylic acids is 2. The first-order valence-corrected chi connectivity index (χ1v) is 10.2. The van der Waals surface area contributed by atoms with Gasteiger partial charge in [0, 0.05) is 31.2 Å². The van der Waals surface area contributed by atoms with E-state index in [2.05, 4.69) is 5.10 Å². The lowest BCUT2D eigenvalue weighted by Gasteiger charge is -2.43. The van der Waals surface area contributed by atoms with Gasteiger partial charge in [-0.2, -0.15) is 22.4 Å². The minimum atomic E-state index is -4.71. The van der Waals surface area contributed by atoms with Crippen molar-refractivity contribution in [1.82, 2.24) is 24.1 Å². The Morgan fingerprint density at radius 3 is 2.57 bits per heavy atom. The zero-order valence-corrected chi connectivity index (χ0v) is 17.2. The summed E-state index contributed by atoms with van der Waals surface area (Å²) in [6.07, 6.45) is -2.97.